The quantitative estimate of drug-likeness (QED) is 0.345. The fourth-order valence-electron chi connectivity index (χ4n) is 0.813. The Morgan fingerprint density at radius 2 is 2.00 bits per heavy atom. The molecule has 0 radical (unpaired) electrons. The summed E-state index contributed by atoms with van der Waals surface area (Å²) >= 11 is 5.43. The lowest BCUT2D eigenvalue weighted by Crippen LogP contribution is -2.21. The molecule has 0 bridgehead atoms. The van der Waals surface area contributed by atoms with Crippen LogP contribution in [0.15, 0.2) is 17.6 Å². The van der Waals surface area contributed by atoms with E-state index in [1.165, 1.54) is 6.92 Å². The molecule has 16 heavy (non-hydrogen) atoms. The number of aromatic nitrogens is 2. The van der Waals surface area contributed by atoms with E-state index in [0.717, 1.165) is 12.4 Å². The fourth-order valence-corrected chi connectivity index (χ4v) is 2.24. The normalized spacial score (nSPS) is 13.4. The molecule has 88 valence electrons. The van der Waals surface area contributed by atoms with Gasteiger partial charge in [-0.1, -0.05) is 0 Å². The van der Waals surface area contributed by atoms with Gasteiger partial charge in [-0.2, -0.15) is 0 Å². The maximum Gasteiger partial charge on any atom is 0.305 e. The van der Waals surface area contributed by atoms with Crippen molar-refractivity contribution in [3.8, 4) is 0 Å². The molecule has 1 rings (SSSR count). The Labute approximate surface area is 96.5 Å². The largest absolute Gasteiger partial charge is 0.305 e. The van der Waals surface area contributed by atoms with Gasteiger partial charge >= 0.3 is 5.69 Å². The third-order valence-corrected chi connectivity index (χ3v) is 4.42. The third-order valence-electron chi connectivity index (χ3n) is 1.83. The van der Waals surface area contributed by atoms with Crippen LogP contribution < -0.4 is 0 Å². The molecule has 9 heteroatoms. The molecular formula is C7H8ClN3O4S. The van der Waals surface area contributed by atoms with E-state index in [-0.39, 0.29) is 11.6 Å². The van der Waals surface area contributed by atoms with Crippen LogP contribution in [-0.4, -0.2) is 34.4 Å². The summed E-state index contributed by atoms with van der Waals surface area (Å²) in [4.78, 5) is 16.5. The molecular weight excluding hydrogens is 258 g/mol. The Morgan fingerprint density at radius 3 is 2.38 bits per heavy atom. The average molecular weight is 266 g/mol. The van der Waals surface area contributed by atoms with Crippen molar-refractivity contribution in [2.24, 2.45) is 0 Å². The second kappa shape index (κ2) is 4.71. The van der Waals surface area contributed by atoms with Crippen LogP contribution in [0.5, 0.6) is 0 Å². The van der Waals surface area contributed by atoms with Crippen LogP contribution in [0.2, 0.25) is 0 Å². The lowest BCUT2D eigenvalue weighted by atomic mass is 10.6. The molecule has 0 aromatic carbocycles. The Balaban J connectivity index is 3.12. The summed E-state index contributed by atoms with van der Waals surface area (Å²) in [6.07, 6.45) is 1.70. The van der Waals surface area contributed by atoms with Crippen molar-refractivity contribution in [1.29, 1.82) is 0 Å². The van der Waals surface area contributed by atoms with E-state index in [0.29, 0.717) is 0 Å². The maximum absolute atomic E-state index is 11.7. The Kier molecular flexibility index (Phi) is 3.76. The monoisotopic (exact) mass is 265 g/mol. The van der Waals surface area contributed by atoms with Gasteiger partial charge in [0.2, 0.25) is 15.0 Å². The zero-order valence-corrected chi connectivity index (χ0v) is 9.77. The molecule has 0 amide bonds. The SMILES string of the molecule is CC(CCl)S(=O)(=O)c1ncc([N+](=O)[O-])cn1. The lowest BCUT2D eigenvalue weighted by molar-refractivity contribution is -0.385. The highest BCUT2D eigenvalue weighted by atomic mass is 35.5. The number of nitro groups is 1. The fraction of sp³-hybridized carbons (Fsp3) is 0.429. The molecule has 1 aromatic heterocycles. The van der Waals surface area contributed by atoms with Gasteiger partial charge in [0.05, 0.1) is 10.2 Å². The van der Waals surface area contributed by atoms with Crippen LogP contribution in [-0.2, 0) is 9.84 Å². The van der Waals surface area contributed by atoms with Crippen molar-refractivity contribution < 1.29 is 13.3 Å². The molecule has 1 heterocycles. The first-order valence-corrected chi connectivity index (χ1v) is 6.24. The smallest absolute Gasteiger partial charge is 0.258 e. The van der Waals surface area contributed by atoms with Crippen molar-refractivity contribution in [2.75, 3.05) is 5.88 Å². The van der Waals surface area contributed by atoms with Crippen molar-refractivity contribution in [2.45, 2.75) is 17.3 Å². The summed E-state index contributed by atoms with van der Waals surface area (Å²) in [5, 5.41) is 9.02. The summed E-state index contributed by atoms with van der Waals surface area (Å²) in [6.45, 7) is 1.41. The Bertz CT molecular complexity index is 487. The number of hydrogen-bond donors (Lipinski definition) is 0. The second-order valence-electron chi connectivity index (χ2n) is 2.99. The molecule has 1 aromatic rings. The minimum Gasteiger partial charge on any atom is -0.258 e. The highest BCUT2D eigenvalue weighted by Gasteiger charge is 2.26. The van der Waals surface area contributed by atoms with Crippen LogP contribution in [0.1, 0.15) is 6.92 Å². The molecule has 0 aliphatic heterocycles. The van der Waals surface area contributed by atoms with E-state index in [2.05, 4.69) is 9.97 Å². The van der Waals surface area contributed by atoms with E-state index >= 15 is 0 Å². The van der Waals surface area contributed by atoms with Gasteiger partial charge < -0.3 is 0 Å². The van der Waals surface area contributed by atoms with Crippen molar-refractivity contribution in [1.82, 2.24) is 9.97 Å². The highest BCUT2D eigenvalue weighted by molar-refractivity contribution is 7.91. The van der Waals surface area contributed by atoms with Gasteiger partial charge in [-0.25, -0.2) is 18.4 Å². The predicted molar refractivity (Wildman–Crippen MR) is 56.1 cm³/mol. The van der Waals surface area contributed by atoms with Crippen molar-refractivity contribution >= 4 is 27.1 Å². The van der Waals surface area contributed by atoms with Crippen molar-refractivity contribution in [3.63, 3.8) is 0 Å². The molecule has 1 unspecified atom stereocenters. The summed E-state index contributed by atoms with van der Waals surface area (Å²) < 4.78 is 23.3. The molecule has 0 saturated heterocycles. The number of hydrogen-bond acceptors (Lipinski definition) is 6. The zero-order chi connectivity index (χ0) is 12.3. The number of halogens is 1. The number of rotatable bonds is 4. The van der Waals surface area contributed by atoms with Gasteiger partial charge in [0.1, 0.15) is 12.4 Å². The number of alkyl halides is 1. The van der Waals surface area contributed by atoms with E-state index in [4.69, 9.17) is 11.6 Å². The van der Waals surface area contributed by atoms with Crippen LogP contribution in [0.25, 0.3) is 0 Å². The van der Waals surface area contributed by atoms with E-state index in [1.54, 1.807) is 0 Å². The minimum atomic E-state index is -3.71. The Hall–Kier alpha value is -1.28. The van der Waals surface area contributed by atoms with Crippen molar-refractivity contribution in [3.05, 3.63) is 22.5 Å². The Morgan fingerprint density at radius 1 is 1.50 bits per heavy atom. The van der Waals surface area contributed by atoms with E-state index < -0.39 is 25.2 Å². The lowest BCUT2D eigenvalue weighted by Gasteiger charge is -2.06. The van der Waals surface area contributed by atoms with E-state index in [1.807, 2.05) is 0 Å². The number of sulfone groups is 1. The number of nitrogens with zero attached hydrogens (tertiary/aromatic N) is 3. The minimum absolute atomic E-state index is 0.0946. The summed E-state index contributed by atoms with van der Waals surface area (Å²) in [6, 6.07) is 0. The van der Waals surface area contributed by atoms with Gasteiger partial charge in [-0.05, 0) is 6.92 Å². The molecule has 0 aliphatic carbocycles. The molecule has 0 saturated carbocycles. The van der Waals surface area contributed by atoms with Crippen LogP contribution in [0.4, 0.5) is 5.69 Å². The van der Waals surface area contributed by atoms with Gasteiger partial charge in [-0.15, -0.1) is 11.6 Å². The van der Waals surface area contributed by atoms with Gasteiger partial charge in [0, 0.05) is 5.88 Å². The molecule has 0 fully saturated rings. The predicted octanol–water partition coefficient (Wildman–Crippen LogP) is 0.786. The zero-order valence-electron chi connectivity index (χ0n) is 8.20. The average Bonchev–Trinajstić information content (AvgIpc) is 2.28. The first kappa shape index (κ1) is 12.8. The summed E-state index contributed by atoms with van der Waals surface area (Å²) in [5.74, 6) is -0.0946. The van der Waals surface area contributed by atoms with Crippen LogP contribution in [0, 0.1) is 10.1 Å². The van der Waals surface area contributed by atoms with Gasteiger partial charge in [-0.3, -0.25) is 10.1 Å². The first-order valence-electron chi connectivity index (χ1n) is 4.16. The molecule has 1 atom stereocenters. The maximum atomic E-state index is 11.7. The van der Waals surface area contributed by atoms with Gasteiger partial charge in [0.25, 0.3) is 0 Å². The second-order valence-corrected chi connectivity index (χ2v) is 5.56. The molecule has 0 aliphatic rings. The van der Waals surface area contributed by atoms with E-state index in [9.17, 15) is 18.5 Å². The standard InChI is InChI=1S/C7H8ClN3O4S/c1-5(2-8)16(14,15)7-9-3-6(4-10-7)11(12)13/h3-5H,2H2,1H3. The summed E-state index contributed by atoms with van der Waals surface area (Å²) in [7, 11) is -3.71. The first-order chi connectivity index (χ1) is 7.39. The van der Waals surface area contributed by atoms with Crippen LogP contribution in [0.3, 0.4) is 0 Å². The highest BCUT2D eigenvalue weighted by Crippen LogP contribution is 2.14. The molecule has 7 nitrogen and oxygen atoms in total. The summed E-state index contributed by atoms with van der Waals surface area (Å²) in [5.41, 5.74) is -0.363. The molecule has 0 N–H and O–H groups in total. The van der Waals surface area contributed by atoms with Crippen LogP contribution >= 0.6 is 11.6 Å². The topological polar surface area (TPSA) is 103 Å². The van der Waals surface area contributed by atoms with Gasteiger partial charge in [0.15, 0.2) is 0 Å². The molecule has 0 spiro atoms. The third kappa shape index (κ3) is 2.45.